The van der Waals surface area contributed by atoms with Crippen molar-refractivity contribution in [2.45, 2.75) is 12.7 Å². The molecule has 0 aliphatic heterocycles. The molecule has 0 saturated carbocycles. The van der Waals surface area contributed by atoms with Crippen LogP contribution >= 0.6 is 0 Å². The van der Waals surface area contributed by atoms with Gasteiger partial charge in [0.1, 0.15) is 0 Å². The summed E-state index contributed by atoms with van der Waals surface area (Å²) in [6.07, 6.45) is -1.08. The quantitative estimate of drug-likeness (QED) is 0.742. The van der Waals surface area contributed by atoms with Gasteiger partial charge in [-0.15, -0.1) is 0 Å². The molecule has 5 heteroatoms. The molecule has 0 spiro atoms. The maximum absolute atomic E-state index is 11.1. The monoisotopic (exact) mass is 240 g/mol. The minimum atomic E-state index is -1.08. The van der Waals surface area contributed by atoms with Crippen molar-refractivity contribution in [2.24, 2.45) is 0 Å². The number of methoxy groups -OCH3 is 1. The zero-order valence-electron chi connectivity index (χ0n) is 9.63. The fraction of sp³-hybridized carbons (Fsp3) is 0.417. The highest BCUT2D eigenvalue weighted by Crippen LogP contribution is 2.22. The molecular formula is C12H16O5. The van der Waals surface area contributed by atoms with Crippen LogP contribution in [0.1, 0.15) is 17.2 Å². The topological polar surface area (TPSA) is 76.0 Å². The van der Waals surface area contributed by atoms with Gasteiger partial charge in [0, 0.05) is 7.11 Å². The molecule has 0 heterocycles. The Balaban J connectivity index is 2.95. The van der Waals surface area contributed by atoms with Crippen LogP contribution in [-0.2, 0) is 20.9 Å². The third-order valence-corrected chi connectivity index (χ3v) is 2.24. The van der Waals surface area contributed by atoms with Gasteiger partial charge in [-0.3, -0.25) is 0 Å². The zero-order chi connectivity index (χ0) is 12.7. The van der Waals surface area contributed by atoms with Crippen LogP contribution in [0.15, 0.2) is 24.3 Å². The number of hydrogen-bond donors (Lipinski definition) is 2. The molecule has 0 saturated heterocycles. The van der Waals surface area contributed by atoms with Crippen molar-refractivity contribution in [3.63, 3.8) is 0 Å². The van der Waals surface area contributed by atoms with Crippen molar-refractivity contribution in [3.8, 4) is 0 Å². The lowest BCUT2D eigenvalue weighted by atomic mass is 10.0. The summed E-state index contributed by atoms with van der Waals surface area (Å²) in [4.78, 5) is 11.1. The maximum atomic E-state index is 11.1. The fourth-order valence-electron chi connectivity index (χ4n) is 1.54. The number of aliphatic carboxylic acids is 1. The molecule has 94 valence electrons. The van der Waals surface area contributed by atoms with Gasteiger partial charge in [0.2, 0.25) is 0 Å². The third-order valence-electron chi connectivity index (χ3n) is 2.24. The molecule has 0 fully saturated rings. The standard InChI is InChI=1S/C12H16O5/c1-16-8-9-4-2-3-5-10(9)11(12(14)15)17-7-6-13/h2-5,11,13H,6-8H2,1H3,(H,14,15). The number of rotatable bonds is 7. The minimum Gasteiger partial charge on any atom is -0.479 e. The number of carboxylic acids is 1. The third kappa shape index (κ3) is 3.81. The second-order valence-electron chi connectivity index (χ2n) is 3.44. The Labute approximate surface area is 99.6 Å². The van der Waals surface area contributed by atoms with Gasteiger partial charge in [0.05, 0.1) is 19.8 Å². The fourth-order valence-corrected chi connectivity index (χ4v) is 1.54. The lowest BCUT2D eigenvalue weighted by Gasteiger charge is -2.16. The van der Waals surface area contributed by atoms with E-state index in [1.54, 1.807) is 25.3 Å². The second kappa shape index (κ2) is 7.01. The maximum Gasteiger partial charge on any atom is 0.337 e. The molecule has 0 bridgehead atoms. The van der Waals surface area contributed by atoms with Gasteiger partial charge in [0.25, 0.3) is 0 Å². The van der Waals surface area contributed by atoms with E-state index in [9.17, 15) is 4.79 Å². The summed E-state index contributed by atoms with van der Waals surface area (Å²) in [6, 6.07) is 7.02. The van der Waals surface area contributed by atoms with Gasteiger partial charge in [-0.1, -0.05) is 24.3 Å². The number of hydrogen-bond acceptors (Lipinski definition) is 4. The van der Waals surface area contributed by atoms with Crippen LogP contribution in [-0.4, -0.2) is 36.5 Å². The Kier molecular flexibility index (Phi) is 5.62. The van der Waals surface area contributed by atoms with Crippen molar-refractivity contribution in [1.29, 1.82) is 0 Å². The number of ether oxygens (including phenoxy) is 2. The molecular weight excluding hydrogens is 224 g/mol. The number of carbonyl (C=O) groups is 1. The van der Waals surface area contributed by atoms with Crippen LogP contribution in [0.3, 0.4) is 0 Å². The lowest BCUT2D eigenvalue weighted by Crippen LogP contribution is -2.18. The van der Waals surface area contributed by atoms with Crippen molar-refractivity contribution >= 4 is 5.97 Å². The van der Waals surface area contributed by atoms with Crippen LogP contribution < -0.4 is 0 Å². The average molecular weight is 240 g/mol. The van der Waals surface area contributed by atoms with E-state index in [1.165, 1.54) is 0 Å². The Morgan fingerprint density at radius 2 is 2.12 bits per heavy atom. The summed E-state index contributed by atoms with van der Waals surface area (Å²) in [5.41, 5.74) is 1.32. The largest absolute Gasteiger partial charge is 0.479 e. The number of benzene rings is 1. The van der Waals surface area contributed by atoms with E-state index in [4.69, 9.17) is 19.7 Å². The van der Waals surface area contributed by atoms with Crippen LogP contribution in [0.4, 0.5) is 0 Å². The number of aliphatic hydroxyl groups excluding tert-OH is 1. The minimum absolute atomic E-state index is 0.0156. The first-order chi connectivity index (χ1) is 8.20. The van der Waals surface area contributed by atoms with Crippen molar-refractivity contribution in [3.05, 3.63) is 35.4 Å². The molecule has 17 heavy (non-hydrogen) atoms. The Morgan fingerprint density at radius 3 is 2.71 bits per heavy atom. The van der Waals surface area contributed by atoms with E-state index in [1.807, 2.05) is 6.07 Å². The highest BCUT2D eigenvalue weighted by Gasteiger charge is 2.22. The predicted molar refractivity (Wildman–Crippen MR) is 60.6 cm³/mol. The molecule has 0 aliphatic carbocycles. The molecule has 1 aromatic carbocycles. The molecule has 2 N–H and O–H groups in total. The van der Waals surface area contributed by atoms with E-state index in [0.29, 0.717) is 12.2 Å². The SMILES string of the molecule is COCc1ccccc1C(OCCO)C(=O)O. The molecule has 0 aliphatic rings. The normalized spacial score (nSPS) is 12.4. The van der Waals surface area contributed by atoms with Gasteiger partial charge >= 0.3 is 5.97 Å². The molecule has 1 aromatic rings. The number of aliphatic hydroxyl groups is 1. The van der Waals surface area contributed by atoms with E-state index in [-0.39, 0.29) is 13.2 Å². The van der Waals surface area contributed by atoms with E-state index >= 15 is 0 Å². The van der Waals surface area contributed by atoms with Crippen molar-refractivity contribution in [1.82, 2.24) is 0 Å². The van der Waals surface area contributed by atoms with Crippen molar-refractivity contribution in [2.75, 3.05) is 20.3 Å². The number of carboxylic acid groups (broad SMARTS) is 1. The molecule has 1 rings (SSSR count). The molecule has 0 amide bonds. The summed E-state index contributed by atoms with van der Waals surface area (Å²) in [6.45, 7) is 0.0942. The Hall–Kier alpha value is -1.43. The highest BCUT2D eigenvalue weighted by atomic mass is 16.5. The Morgan fingerprint density at radius 1 is 1.41 bits per heavy atom. The molecule has 5 nitrogen and oxygen atoms in total. The van der Waals surface area contributed by atoms with Crippen LogP contribution in [0.5, 0.6) is 0 Å². The summed E-state index contributed by atoms with van der Waals surface area (Å²) in [5, 5.41) is 17.8. The summed E-state index contributed by atoms with van der Waals surface area (Å²) >= 11 is 0. The first kappa shape index (κ1) is 13.6. The smallest absolute Gasteiger partial charge is 0.337 e. The molecule has 1 unspecified atom stereocenters. The Bertz CT molecular complexity index is 364. The zero-order valence-corrected chi connectivity index (χ0v) is 9.63. The van der Waals surface area contributed by atoms with Crippen LogP contribution in [0.2, 0.25) is 0 Å². The lowest BCUT2D eigenvalue weighted by molar-refractivity contribution is -0.151. The summed E-state index contributed by atoms with van der Waals surface area (Å²) in [7, 11) is 1.54. The first-order valence-corrected chi connectivity index (χ1v) is 5.22. The van der Waals surface area contributed by atoms with Gasteiger partial charge < -0.3 is 19.7 Å². The predicted octanol–water partition coefficient (Wildman–Crippen LogP) is 0.968. The van der Waals surface area contributed by atoms with Gasteiger partial charge in [0.15, 0.2) is 6.10 Å². The van der Waals surface area contributed by atoms with E-state index in [2.05, 4.69) is 0 Å². The average Bonchev–Trinajstić information content (AvgIpc) is 2.31. The molecule has 1 atom stereocenters. The van der Waals surface area contributed by atoms with Gasteiger partial charge in [-0.2, -0.15) is 0 Å². The molecule has 0 aromatic heterocycles. The van der Waals surface area contributed by atoms with Gasteiger partial charge in [-0.05, 0) is 11.1 Å². The van der Waals surface area contributed by atoms with E-state index in [0.717, 1.165) is 5.56 Å². The highest BCUT2D eigenvalue weighted by molar-refractivity contribution is 5.75. The van der Waals surface area contributed by atoms with Gasteiger partial charge in [-0.25, -0.2) is 4.79 Å². The first-order valence-electron chi connectivity index (χ1n) is 5.22. The van der Waals surface area contributed by atoms with Crippen LogP contribution in [0, 0.1) is 0 Å². The van der Waals surface area contributed by atoms with Crippen molar-refractivity contribution < 1.29 is 24.5 Å². The molecule has 0 radical (unpaired) electrons. The second-order valence-corrected chi connectivity index (χ2v) is 3.44. The van der Waals surface area contributed by atoms with Crippen LogP contribution in [0.25, 0.3) is 0 Å². The summed E-state index contributed by atoms with van der Waals surface area (Å²) in [5.74, 6) is -1.08. The van der Waals surface area contributed by atoms with E-state index < -0.39 is 12.1 Å². The summed E-state index contributed by atoms with van der Waals surface area (Å²) < 4.78 is 10.1.